The van der Waals surface area contributed by atoms with Crippen molar-refractivity contribution in [3.63, 3.8) is 0 Å². The fourth-order valence-corrected chi connectivity index (χ4v) is 4.85. The number of hydrogen-bond donors (Lipinski definition) is 3. The largest absolute Gasteiger partial charge is 0.472 e. The second-order valence-corrected chi connectivity index (χ2v) is 13.9. The normalized spacial score (nSPS) is 15.7. The fourth-order valence-electron chi connectivity index (χ4n) is 4.11. The van der Waals surface area contributed by atoms with Crippen LogP contribution in [0.4, 0.5) is 0 Å². The van der Waals surface area contributed by atoms with Gasteiger partial charge in [-0.2, -0.15) is 0 Å². The van der Waals surface area contributed by atoms with Crippen LogP contribution in [0.5, 0.6) is 0 Å². The van der Waals surface area contributed by atoms with Crippen LogP contribution in [0.25, 0.3) is 0 Å². The Labute approximate surface area is 281 Å². The predicted molar refractivity (Wildman–Crippen MR) is 193 cm³/mol. The van der Waals surface area contributed by atoms with Gasteiger partial charge in [-0.1, -0.05) is 106 Å². The number of unbranched alkanes of at least 4 members (excludes halogenated alkanes) is 6. The van der Waals surface area contributed by atoms with Crippen LogP contribution in [0, 0.1) is 0 Å². The van der Waals surface area contributed by atoms with Crippen molar-refractivity contribution < 1.29 is 32.9 Å². The van der Waals surface area contributed by atoms with Crippen molar-refractivity contribution in [1.29, 1.82) is 0 Å². The topological polar surface area (TPSA) is 105 Å². The number of allylic oxidation sites excluding steroid dienone is 11. The van der Waals surface area contributed by atoms with Crippen molar-refractivity contribution in [2.75, 3.05) is 40.9 Å². The minimum atomic E-state index is -4.34. The molecule has 3 N–H and O–H groups in total. The molecule has 0 fully saturated rings. The summed E-state index contributed by atoms with van der Waals surface area (Å²) in [6, 6.07) is -0.875. The van der Waals surface area contributed by atoms with Gasteiger partial charge in [-0.25, -0.2) is 4.57 Å². The van der Waals surface area contributed by atoms with Crippen LogP contribution in [-0.4, -0.2) is 73.4 Å². The summed E-state index contributed by atoms with van der Waals surface area (Å²) < 4.78 is 23.3. The van der Waals surface area contributed by atoms with Gasteiger partial charge in [0.2, 0.25) is 5.91 Å². The van der Waals surface area contributed by atoms with Crippen molar-refractivity contribution >= 4 is 13.7 Å². The summed E-state index contributed by atoms with van der Waals surface area (Å²) in [5.41, 5.74) is 0. The number of carbonyl (C=O) groups excluding carboxylic acids is 1. The molecule has 0 saturated heterocycles. The zero-order valence-electron chi connectivity index (χ0n) is 29.5. The van der Waals surface area contributed by atoms with Crippen LogP contribution < -0.4 is 5.32 Å². The lowest BCUT2D eigenvalue weighted by molar-refractivity contribution is -0.870. The van der Waals surface area contributed by atoms with Gasteiger partial charge in [0.25, 0.3) is 0 Å². The van der Waals surface area contributed by atoms with Crippen molar-refractivity contribution in [3.8, 4) is 0 Å². The molecular formula is C37H66N2O6P+. The molecule has 0 radical (unpaired) electrons. The number of phosphoric ester groups is 1. The number of carbonyl (C=O) groups is 1. The van der Waals surface area contributed by atoms with Gasteiger partial charge in [-0.05, 0) is 64.2 Å². The number of aliphatic hydroxyl groups excluding tert-OH is 1. The average Bonchev–Trinajstić information content (AvgIpc) is 2.99. The molecule has 0 saturated carbocycles. The standard InChI is InChI=1S/C37H65N2O6P/c1-6-8-10-12-14-15-16-17-18-19-20-21-22-23-25-27-29-31-37(41)38-35(36(40)30-28-26-24-13-11-9-7-2)34-45-46(42,43)44-33-32-39(3,4)5/h8,10-11,13-15,17-18,20-21,28,30,35-36,40H,6-7,9,12,16,19,22-27,29,31-34H2,1-5H3,(H-,38,41,42,43)/p+1/b10-8-,13-11+,15-14-,18-17-,21-20-,30-28+. The molecule has 0 aliphatic heterocycles. The molecule has 0 aromatic rings. The van der Waals surface area contributed by atoms with E-state index in [2.05, 4.69) is 79.9 Å². The smallest absolute Gasteiger partial charge is 0.387 e. The number of likely N-dealkylation sites (N-methyl/N-ethyl adjacent to an activating group) is 1. The van der Waals surface area contributed by atoms with E-state index < -0.39 is 20.0 Å². The average molecular weight is 666 g/mol. The van der Waals surface area contributed by atoms with Crippen LogP contribution in [0.1, 0.15) is 104 Å². The highest BCUT2D eigenvalue weighted by molar-refractivity contribution is 7.47. The molecule has 3 unspecified atom stereocenters. The van der Waals surface area contributed by atoms with Crippen molar-refractivity contribution in [3.05, 3.63) is 72.9 Å². The lowest BCUT2D eigenvalue weighted by atomic mass is 10.1. The third-order valence-corrected chi connectivity index (χ3v) is 7.88. The molecule has 0 aromatic carbocycles. The molecule has 1 amide bonds. The Morgan fingerprint density at radius 1 is 0.761 bits per heavy atom. The SMILES string of the molecule is CC/C=C\C/C=C\C/C=C\C/C=C\CCCCCCC(=O)NC(COP(=O)(O)OCC[N+](C)(C)C)C(O)/C=C/CC/C=C/CCC. The first-order valence-electron chi connectivity index (χ1n) is 17.3. The minimum absolute atomic E-state index is 0.0462. The minimum Gasteiger partial charge on any atom is -0.387 e. The van der Waals surface area contributed by atoms with E-state index in [-0.39, 0.29) is 19.1 Å². The molecule has 9 heteroatoms. The van der Waals surface area contributed by atoms with Crippen LogP contribution in [0.3, 0.4) is 0 Å². The lowest BCUT2D eigenvalue weighted by Crippen LogP contribution is -2.45. The van der Waals surface area contributed by atoms with E-state index in [0.29, 0.717) is 17.4 Å². The summed E-state index contributed by atoms with van der Waals surface area (Å²) in [5.74, 6) is -0.221. The van der Waals surface area contributed by atoms with Gasteiger partial charge in [-0.15, -0.1) is 0 Å². The second kappa shape index (κ2) is 29.1. The summed E-state index contributed by atoms with van der Waals surface area (Å²) in [7, 11) is 1.51. The van der Waals surface area contributed by atoms with Crippen molar-refractivity contribution in [1.82, 2.24) is 5.32 Å². The van der Waals surface area contributed by atoms with E-state index in [0.717, 1.165) is 83.5 Å². The van der Waals surface area contributed by atoms with Crippen LogP contribution in [0.2, 0.25) is 0 Å². The number of rotatable bonds is 29. The number of amides is 1. The van der Waals surface area contributed by atoms with Crippen LogP contribution in [-0.2, 0) is 18.4 Å². The maximum Gasteiger partial charge on any atom is 0.472 e. The van der Waals surface area contributed by atoms with Gasteiger partial charge in [0, 0.05) is 6.42 Å². The zero-order valence-corrected chi connectivity index (χ0v) is 30.4. The van der Waals surface area contributed by atoms with Crippen LogP contribution >= 0.6 is 7.82 Å². The highest BCUT2D eigenvalue weighted by atomic mass is 31.2. The van der Waals surface area contributed by atoms with E-state index >= 15 is 0 Å². The first kappa shape index (κ1) is 43.9. The number of phosphoric acid groups is 1. The third-order valence-electron chi connectivity index (χ3n) is 6.89. The van der Waals surface area contributed by atoms with Gasteiger partial charge in [0.15, 0.2) is 0 Å². The predicted octanol–water partition coefficient (Wildman–Crippen LogP) is 8.51. The molecule has 0 aliphatic rings. The Morgan fingerprint density at radius 3 is 1.96 bits per heavy atom. The molecule has 0 aromatic heterocycles. The molecule has 8 nitrogen and oxygen atoms in total. The zero-order chi connectivity index (χ0) is 34.4. The maximum absolute atomic E-state index is 12.7. The molecule has 46 heavy (non-hydrogen) atoms. The number of quaternary nitrogens is 1. The molecule has 0 aliphatic carbocycles. The molecule has 0 bridgehead atoms. The first-order valence-corrected chi connectivity index (χ1v) is 18.8. The Morgan fingerprint density at radius 2 is 1.33 bits per heavy atom. The number of nitrogens with one attached hydrogen (secondary N) is 1. The van der Waals surface area contributed by atoms with E-state index in [9.17, 15) is 19.4 Å². The Balaban J connectivity index is 4.54. The molecule has 3 atom stereocenters. The Kier molecular flexibility index (Phi) is 27.8. The summed E-state index contributed by atoms with van der Waals surface area (Å²) in [5, 5.41) is 13.6. The summed E-state index contributed by atoms with van der Waals surface area (Å²) in [6.45, 7) is 4.49. The Bertz CT molecular complexity index is 981. The molecule has 0 heterocycles. The first-order chi connectivity index (χ1) is 22.0. The van der Waals surface area contributed by atoms with Crippen molar-refractivity contribution in [2.24, 2.45) is 0 Å². The summed E-state index contributed by atoms with van der Waals surface area (Å²) in [4.78, 5) is 22.8. The highest BCUT2D eigenvalue weighted by Gasteiger charge is 2.27. The second-order valence-electron chi connectivity index (χ2n) is 12.5. The molecule has 264 valence electrons. The quantitative estimate of drug-likeness (QED) is 0.0320. The maximum atomic E-state index is 12.7. The van der Waals surface area contributed by atoms with Gasteiger partial charge < -0.3 is 19.8 Å². The number of hydrogen-bond acceptors (Lipinski definition) is 5. The fraction of sp³-hybridized carbons (Fsp3) is 0.649. The van der Waals surface area contributed by atoms with E-state index in [4.69, 9.17) is 9.05 Å². The summed E-state index contributed by atoms with van der Waals surface area (Å²) in [6.07, 6.45) is 37.1. The Hall–Kier alpha value is -2.06. The monoisotopic (exact) mass is 665 g/mol. The van der Waals surface area contributed by atoms with Crippen LogP contribution in [0.15, 0.2) is 72.9 Å². The summed E-state index contributed by atoms with van der Waals surface area (Å²) >= 11 is 0. The van der Waals surface area contributed by atoms with Gasteiger partial charge >= 0.3 is 7.82 Å². The van der Waals surface area contributed by atoms with E-state index in [1.165, 1.54) is 0 Å². The van der Waals surface area contributed by atoms with E-state index in [1.807, 2.05) is 27.2 Å². The molecular weight excluding hydrogens is 599 g/mol. The highest BCUT2D eigenvalue weighted by Crippen LogP contribution is 2.43. The molecule has 0 spiro atoms. The van der Waals surface area contributed by atoms with E-state index in [1.54, 1.807) is 6.08 Å². The lowest BCUT2D eigenvalue weighted by Gasteiger charge is -2.25. The van der Waals surface area contributed by atoms with Crippen molar-refractivity contribution in [2.45, 2.75) is 116 Å². The van der Waals surface area contributed by atoms with Gasteiger partial charge in [0.1, 0.15) is 13.2 Å². The van der Waals surface area contributed by atoms with Gasteiger partial charge in [-0.3, -0.25) is 13.8 Å². The number of aliphatic hydroxyl groups is 1. The molecule has 0 rings (SSSR count). The number of nitrogens with zero attached hydrogens (tertiary/aromatic N) is 1. The van der Waals surface area contributed by atoms with Gasteiger partial charge in [0.05, 0.1) is 39.9 Å². The third kappa shape index (κ3) is 30.6.